The van der Waals surface area contributed by atoms with Crippen LogP contribution < -0.4 is 16.4 Å². The van der Waals surface area contributed by atoms with Crippen molar-refractivity contribution in [1.82, 2.24) is 15.5 Å². The number of nitrogens with two attached hydrogens (primary N) is 1. The van der Waals surface area contributed by atoms with Crippen LogP contribution in [0.3, 0.4) is 0 Å². The summed E-state index contributed by atoms with van der Waals surface area (Å²) < 4.78 is 5.30. The maximum absolute atomic E-state index is 14.0. The van der Waals surface area contributed by atoms with E-state index in [4.69, 9.17) is 10.5 Å². The third-order valence-electron chi connectivity index (χ3n) is 5.52. The van der Waals surface area contributed by atoms with Gasteiger partial charge in [0.25, 0.3) is 0 Å². The van der Waals surface area contributed by atoms with E-state index in [-0.39, 0.29) is 12.3 Å². The smallest absolute Gasteiger partial charge is 0.408 e. The molecule has 10 heteroatoms. The lowest BCUT2D eigenvalue weighted by Crippen LogP contribution is -2.55. The molecule has 0 aromatic heterocycles. The number of unbranched alkanes of at least 4 members (excludes halogenated alkanes) is 3. The first-order valence-electron chi connectivity index (χ1n) is 13.1. The van der Waals surface area contributed by atoms with Gasteiger partial charge in [-0.2, -0.15) is 0 Å². The molecule has 5 N–H and O–H groups in total. The molecule has 0 bridgehead atoms. The Morgan fingerprint density at radius 1 is 1.05 bits per heavy atom. The average Bonchev–Trinajstić information content (AvgIpc) is 2.74. The fourth-order valence-corrected chi connectivity index (χ4v) is 3.89. The highest BCUT2D eigenvalue weighted by atomic mass is 16.6. The second kappa shape index (κ2) is 14.0. The fourth-order valence-electron chi connectivity index (χ4n) is 3.89. The second-order valence-electron chi connectivity index (χ2n) is 11.6. The molecular weight excluding hydrogens is 488 g/mol. The number of ether oxygens (including phenoxy) is 1. The number of phenolic OH excluding ortho intramolecular Hbond substituents is 1. The van der Waals surface area contributed by atoms with Gasteiger partial charge in [0, 0.05) is 12.1 Å². The van der Waals surface area contributed by atoms with Crippen LogP contribution >= 0.6 is 0 Å². The molecule has 0 spiro atoms. The molecule has 1 aromatic carbocycles. The number of primary amides is 1. The summed E-state index contributed by atoms with van der Waals surface area (Å²) in [5.41, 5.74) is 5.03. The summed E-state index contributed by atoms with van der Waals surface area (Å²) in [6.07, 6.45) is 2.00. The van der Waals surface area contributed by atoms with Gasteiger partial charge < -0.3 is 31.1 Å². The minimum atomic E-state index is -1.34. The van der Waals surface area contributed by atoms with Crippen molar-refractivity contribution in [2.75, 3.05) is 6.54 Å². The Labute approximate surface area is 226 Å². The number of nitrogens with one attached hydrogen (secondary N) is 2. The number of aromatic hydroxyl groups is 1. The van der Waals surface area contributed by atoms with E-state index in [9.17, 15) is 24.3 Å². The molecule has 0 aliphatic heterocycles. The minimum absolute atomic E-state index is 0.0581. The van der Waals surface area contributed by atoms with Gasteiger partial charge in [0.15, 0.2) is 0 Å². The van der Waals surface area contributed by atoms with Crippen LogP contribution in [0.5, 0.6) is 5.75 Å². The van der Waals surface area contributed by atoms with Gasteiger partial charge in [-0.3, -0.25) is 14.4 Å². The van der Waals surface area contributed by atoms with E-state index in [1.54, 1.807) is 39.8 Å². The molecule has 38 heavy (non-hydrogen) atoms. The Hall–Kier alpha value is -3.30. The molecule has 0 aliphatic carbocycles. The van der Waals surface area contributed by atoms with E-state index >= 15 is 0 Å². The van der Waals surface area contributed by atoms with Crippen LogP contribution in [-0.2, 0) is 19.1 Å². The van der Waals surface area contributed by atoms with E-state index in [0.717, 1.165) is 19.3 Å². The third-order valence-corrected chi connectivity index (χ3v) is 5.52. The molecule has 0 heterocycles. The predicted octanol–water partition coefficient (Wildman–Crippen LogP) is 3.83. The highest BCUT2D eigenvalue weighted by Gasteiger charge is 2.37. The Kier molecular flexibility index (Phi) is 12.1. The van der Waals surface area contributed by atoms with E-state index in [2.05, 4.69) is 17.6 Å². The van der Waals surface area contributed by atoms with E-state index < -0.39 is 53.5 Å². The minimum Gasteiger partial charge on any atom is -0.508 e. The summed E-state index contributed by atoms with van der Waals surface area (Å²) in [5.74, 6) is -1.79. The Morgan fingerprint density at radius 3 is 2.18 bits per heavy atom. The largest absolute Gasteiger partial charge is 0.508 e. The first-order chi connectivity index (χ1) is 17.4. The number of alkyl carbamates (subject to hydrolysis) is 1. The summed E-state index contributed by atoms with van der Waals surface area (Å²) in [4.78, 5) is 53.5. The Morgan fingerprint density at radius 2 is 1.68 bits per heavy atom. The molecule has 214 valence electrons. The number of aryl methyl sites for hydroxylation is 1. The van der Waals surface area contributed by atoms with Crippen molar-refractivity contribution in [3.8, 4) is 5.75 Å². The molecule has 0 fully saturated rings. The summed E-state index contributed by atoms with van der Waals surface area (Å²) in [6.45, 7) is 14.5. The van der Waals surface area contributed by atoms with Crippen molar-refractivity contribution in [3.63, 3.8) is 0 Å². The number of carbonyl (C=O) groups is 4. The molecule has 1 rings (SSSR count). The number of nitrogens with zero attached hydrogens (tertiary/aromatic N) is 1. The maximum Gasteiger partial charge on any atom is 0.408 e. The zero-order valence-electron chi connectivity index (χ0n) is 24.1. The Bertz CT molecular complexity index is 981. The SMILES string of the molecule is CCCCCCN(C(=O)C(CC(N)=O)NC(=O)OC(C)(C)C)C(C(=O)NC(C)(C)C)c1ccc(O)c(C)c1. The van der Waals surface area contributed by atoms with E-state index in [1.807, 2.05) is 20.8 Å². The lowest BCUT2D eigenvalue weighted by atomic mass is 9.98. The first kappa shape index (κ1) is 32.7. The first-order valence-corrected chi connectivity index (χ1v) is 13.1. The van der Waals surface area contributed by atoms with Crippen LogP contribution in [0, 0.1) is 6.92 Å². The van der Waals surface area contributed by atoms with E-state index in [1.165, 1.54) is 11.0 Å². The molecule has 0 saturated carbocycles. The number of hydrogen-bond acceptors (Lipinski definition) is 6. The number of hydrogen-bond donors (Lipinski definition) is 4. The number of phenols is 1. The summed E-state index contributed by atoms with van der Waals surface area (Å²) in [7, 11) is 0. The van der Waals surface area contributed by atoms with Crippen LogP contribution in [-0.4, -0.2) is 57.5 Å². The van der Waals surface area contributed by atoms with Crippen LogP contribution in [0.2, 0.25) is 0 Å². The normalized spacial score (nSPS) is 13.3. The third kappa shape index (κ3) is 11.4. The van der Waals surface area contributed by atoms with Crippen molar-refractivity contribution in [3.05, 3.63) is 29.3 Å². The zero-order valence-corrected chi connectivity index (χ0v) is 24.1. The standard InChI is InChI=1S/C28H46N4O6/c1-9-10-11-12-15-32(25(36)20(17-22(29)34)30-26(37)38-28(6,7)8)23(24(35)31-27(3,4)5)19-13-14-21(33)18(2)16-19/h13-14,16,20,23,33H,9-12,15,17H2,1-8H3,(H2,29,34)(H,30,37)(H,31,35). The van der Waals surface area contributed by atoms with Gasteiger partial charge in [-0.15, -0.1) is 0 Å². The molecule has 2 atom stereocenters. The number of benzene rings is 1. The zero-order chi connectivity index (χ0) is 29.3. The van der Waals surface area contributed by atoms with Gasteiger partial charge in [-0.05, 0) is 78.1 Å². The molecule has 0 saturated heterocycles. The van der Waals surface area contributed by atoms with Crippen LogP contribution in [0.15, 0.2) is 18.2 Å². The van der Waals surface area contributed by atoms with Crippen molar-refractivity contribution >= 4 is 23.8 Å². The highest BCUT2D eigenvalue weighted by Crippen LogP contribution is 2.28. The van der Waals surface area contributed by atoms with Gasteiger partial charge >= 0.3 is 6.09 Å². The average molecular weight is 535 g/mol. The highest BCUT2D eigenvalue weighted by molar-refractivity contribution is 5.94. The molecule has 1 aromatic rings. The van der Waals surface area contributed by atoms with Gasteiger partial charge in [0.2, 0.25) is 17.7 Å². The van der Waals surface area contributed by atoms with Crippen molar-refractivity contribution in [2.45, 2.75) is 111 Å². The van der Waals surface area contributed by atoms with Crippen molar-refractivity contribution in [1.29, 1.82) is 0 Å². The summed E-state index contributed by atoms with van der Waals surface area (Å²) in [6, 6.07) is 2.29. The molecule has 4 amide bonds. The monoisotopic (exact) mass is 534 g/mol. The number of amides is 4. The predicted molar refractivity (Wildman–Crippen MR) is 146 cm³/mol. The molecule has 0 radical (unpaired) electrons. The van der Waals surface area contributed by atoms with E-state index in [0.29, 0.717) is 17.5 Å². The van der Waals surface area contributed by atoms with Crippen LogP contribution in [0.4, 0.5) is 4.79 Å². The number of rotatable bonds is 12. The second-order valence-corrected chi connectivity index (χ2v) is 11.6. The quantitative estimate of drug-likeness (QED) is 0.299. The van der Waals surface area contributed by atoms with Gasteiger partial charge in [-0.25, -0.2) is 4.79 Å². The topological polar surface area (TPSA) is 151 Å². The van der Waals surface area contributed by atoms with Crippen molar-refractivity contribution < 1.29 is 29.0 Å². The lowest BCUT2D eigenvalue weighted by Gasteiger charge is -2.36. The maximum atomic E-state index is 14.0. The molecule has 0 aliphatic rings. The lowest BCUT2D eigenvalue weighted by molar-refractivity contribution is -0.144. The molecular formula is C28H46N4O6. The van der Waals surface area contributed by atoms with Gasteiger partial charge in [0.05, 0.1) is 6.42 Å². The van der Waals surface area contributed by atoms with Crippen LogP contribution in [0.25, 0.3) is 0 Å². The molecule has 2 unspecified atom stereocenters. The van der Waals surface area contributed by atoms with Crippen molar-refractivity contribution in [2.24, 2.45) is 5.73 Å². The number of carbonyl (C=O) groups excluding carboxylic acids is 4. The van der Waals surface area contributed by atoms with Crippen LogP contribution in [0.1, 0.15) is 97.7 Å². The Balaban J connectivity index is 3.58. The summed E-state index contributed by atoms with van der Waals surface area (Å²) in [5, 5.41) is 15.5. The fraction of sp³-hybridized carbons (Fsp3) is 0.643. The van der Waals surface area contributed by atoms with Gasteiger partial charge in [-0.1, -0.05) is 32.3 Å². The molecule has 10 nitrogen and oxygen atoms in total. The van der Waals surface area contributed by atoms with Gasteiger partial charge in [0.1, 0.15) is 23.4 Å². The summed E-state index contributed by atoms with van der Waals surface area (Å²) >= 11 is 0.